The molecule has 4 aromatic rings. The van der Waals surface area contributed by atoms with E-state index in [0.717, 1.165) is 16.8 Å². The number of rotatable bonds is 5. The number of nitrogens with one attached hydrogen (secondary N) is 1. The van der Waals surface area contributed by atoms with Gasteiger partial charge in [0.1, 0.15) is 5.82 Å². The fourth-order valence-electron chi connectivity index (χ4n) is 3.29. The van der Waals surface area contributed by atoms with E-state index >= 15 is 0 Å². The standard InChI is InChI=1S/C20H19N5OS/c1-14(15-7-3-2-4-8-15)25-18(22-23-20(25)27)11-12-24-19(26)17-10-6-5-9-16(17)13-21-24/h2-10,13-14H,11-12H2,1H3,(H,23,27)/t14-/m0/s1. The highest BCUT2D eigenvalue weighted by Gasteiger charge is 2.15. The number of hydrogen-bond donors (Lipinski definition) is 1. The summed E-state index contributed by atoms with van der Waals surface area (Å²) in [6.07, 6.45) is 2.27. The first-order valence-corrected chi connectivity index (χ1v) is 9.21. The highest BCUT2D eigenvalue weighted by molar-refractivity contribution is 7.71. The number of aryl methyl sites for hydroxylation is 2. The van der Waals surface area contributed by atoms with E-state index in [-0.39, 0.29) is 11.6 Å². The van der Waals surface area contributed by atoms with Crippen LogP contribution in [0, 0.1) is 4.77 Å². The number of aromatic nitrogens is 5. The minimum Gasteiger partial charge on any atom is -0.297 e. The van der Waals surface area contributed by atoms with Gasteiger partial charge < -0.3 is 0 Å². The van der Waals surface area contributed by atoms with E-state index in [4.69, 9.17) is 12.2 Å². The van der Waals surface area contributed by atoms with Gasteiger partial charge in [0.05, 0.1) is 24.2 Å². The fourth-order valence-corrected chi connectivity index (χ4v) is 3.60. The number of fused-ring (bicyclic) bond motifs is 1. The van der Waals surface area contributed by atoms with Crippen LogP contribution in [0.25, 0.3) is 10.8 Å². The van der Waals surface area contributed by atoms with Crippen molar-refractivity contribution >= 4 is 23.0 Å². The maximum Gasteiger partial charge on any atom is 0.274 e. The van der Waals surface area contributed by atoms with Gasteiger partial charge in [-0.2, -0.15) is 10.2 Å². The van der Waals surface area contributed by atoms with Gasteiger partial charge in [0.15, 0.2) is 4.77 Å². The van der Waals surface area contributed by atoms with Crippen LogP contribution in [-0.2, 0) is 13.0 Å². The highest BCUT2D eigenvalue weighted by Crippen LogP contribution is 2.19. The Morgan fingerprint density at radius 1 is 1.11 bits per heavy atom. The Hall–Kier alpha value is -3.06. The average molecular weight is 377 g/mol. The summed E-state index contributed by atoms with van der Waals surface area (Å²) in [5, 5.41) is 13.1. The zero-order chi connectivity index (χ0) is 18.8. The average Bonchev–Trinajstić information content (AvgIpc) is 3.08. The van der Waals surface area contributed by atoms with Crippen LogP contribution in [0.5, 0.6) is 0 Å². The van der Waals surface area contributed by atoms with Gasteiger partial charge in [-0.15, -0.1) is 0 Å². The molecule has 2 aromatic heterocycles. The van der Waals surface area contributed by atoms with Crippen molar-refractivity contribution in [2.45, 2.75) is 25.9 Å². The minimum atomic E-state index is -0.0927. The first-order chi connectivity index (χ1) is 13.1. The van der Waals surface area contributed by atoms with Gasteiger partial charge >= 0.3 is 0 Å². The van der Waals surface area contributed by atoms with E-state index in [1.54, 1.807) is 6.20 Å². The van der Waals surface area contributed by atoms with E-state index in [0.29, 0.717) is 23.1 Å². The molecule has 0 radical (unpaired) electrons. The molecule has 0 bridgehead atoms. The van der Waals surface area contributed by atoms with Crippen molar-refractivity contribution in [3.63, 3.8) is 0 Å². The molecule has 2 aromatic carbocycles. The summed E-state index contributed by atoms with van der Waals surface area (Å²) in [4.78, 5) is 12.6. The maximum absolute atomic E-state index is 12.6. The quantitative estimate of drug-likeness (QED) is 0.541. The molecule has 2 heterocycles. The van der Waals surface area contributed by atoms with Crippen molar-refractivity contribution < 1.29 is 0 Å². The van der Waals surface area contributed by atoms with Crippen LogP contribution in [-0.4, -0.2) is 24.5 Å². The third-order valence-electron chi connectivity index (χ3n) is 4.76. The summed E-state index contributed by atoms with van der Waals surface area (Å²) in [5.74, 6) is 0.804. The molecule has 4 rings (SSSR count). The van der Waals surface area contributed by atoms with Crippen molar-refractivity contribution in [3.8, 4) is 0 Å². The molecule has 1 N–H and O–H groups in total. The lowest BCUT2D eigenvalue weighted by Crippen LogP contribution is -2.24. The molecule has 0 unspecified atom stereocenters. The molecule has 0 fully saturated rings. The van der Waals surface area contributed by atoms with Gasteiger partial charge in [0, 0.05) is 11.8 Å². The predicted molar refractivity (Wildman–Crippen MR) is 107 cm³/mol. The Kier molecular flexibility index (Phi) is 4.68. The largest absolute Gasteiger partial charge is 0.297 e. The second-order valence-corrected chi connectivity index (χ2v) is 6.80. The first kappa shape index (κ1) is 17.4. The Morgan fingerprint density at radius 2 is 1.85 bits per heavy atom. The lowest BCUT2D eigenvalue weighted by atomic mass is 10.1. The zero-order valence-corrected chi connectivity index (χ0v) is 15.7. The zero-order valence-electron chi connectivity index (χ0n) is 14.9. The Bertz CT molecular complexity index is 1190. The normalized spacial score (nSPS) is 12.3. The molecular formula is C20H19N5OS. The molecule has 0 amide bonds. The summed E-state index contributed by atoms with van der Waals surface area (Å²) in [7, 11) is 0. The van der Waals surface area contributed by atoms with Crippen LogP contribution in [0.15, 0.2) is 65.6 Å². The molecular weight excluding hydrogens is 358 g/mol. The third-order valence-corrected chi connectivity index (χ3v) is 5.04. The first-order valence-electron chi connectivity index (χ1n) is 8.81. The summed E-state index contributed by atoms with van der Waals surface area (Å²) in [6, 6.07) is 17.7. The maximum atomic E-state index is 12.6. The van der Waals surface area contributed by atoms with E-state index in [9.17, 15) is 4.79 Å². The van der Waals surface area contributed by atoms with Crippen molar-refractivity contribution in [1.82, 2.24) is 24.5 Å². The van der Waals surface area contributed by atoms with Crippen molar-refractivity contribution in [1.29, 1.82) is 0 Å². The van der Waals surface area contributed by atoms with Crippen LogP contribution in [0.4, 0.5) is 0 Å². The Balaban J connectivity index is 1.63. The second kappa shape index (κ2) is 7.28. The number of H-pyrrole nitrogens is 1. The third kappa shape index (κ3) is 3.33. The van der Waals surface area contributed by atoms with Crippen LogP contribution < -0.4 is 5.56 Å². The van der Waals surface area contributed by atoms with E-state index in [1.165, 1.54) is 4.68 Å². The highest BCUT2D eigenvalue weighted by atomic mass is 32.1. The van der Waals surface area contributed by atoms with Crippen molar-refractivity contribution in [3.05, 3.63) is 87.3 Å². The van der Waals surface area contributed by atoms with Gasteiger partial charge in [-0.05, 0) is 30.8 Å². The van der Waals surface area contributed by atoms with Gasteiger partial charge in [0.2, 0.25) is 0 Å². The Morgan fingerprint density at radius 3 is 2.67 bits per heavy atom. The van der Waals surface area contributed by atoms with Gasteiger partial charge in [-0.25, -0.2) is 4.68 Å². The molecule has 136 valence electrons. The molecule has 0 saturated carbocycles. The molecule has 7 heteroatoms. The lowest BCUT2D eigenvalue weighted by Gasteiger charge is -2.16. The topological polar surface area (TPSA) is 68.5 Å². The Labute approximate surface area is 161 Å². The van der Waals surface area contributed by atoms with E-state index < -0.39 is 0 Å². The molecule has 0 aliphatic carbocycles. The van der Waals surface area contributed by atoms with E-state index in [2.05, 4.69) is 34.4 Å². The SMILES string of the molecule is C[C@@H](c1ccccc1)n1c(CCn2ncc3ccccc3c2=O)n[nH]c1=S. The molecule has 0 aliphatic rings. The number of aromatic amines is 1. The molecule has 27 heavy (non-hydrogen) atoms. The molecule has 0 aliphatic heterocycles. The molecule has 6 nitrogen and oxygen atoms in total. The van der Waals surface area contributed by atoms with E-state index in [1.807, 2.05) is 47.0 Å². The fraction of sp³-hybridized carbons (Fsp3) is 0.200. The second-order valence-electron chi connectivity index (χ2n) is 6.41. The molecule has 0 saturated heterocycles. The number of nitrogens with zero attached hydrogens (tertiary/aromatic N) is 4. The van der Waals surface area contributed by atoms with Crippen LogP contribution in [0.2, 0.25) is 0 Å². The molecule has 0 spiro atoms. The van der Waals surface area contributed by atoms with Gasteiger partial charge in [0.25, 0.3) is 5.56 Å². The number of hydrogen-bond acceptors (Lipinski definition) is 4. The lowest BCUT2D eigenvalue weighted by molar-refractivity contribution is 0.534. The molecule has 1 atom stereocenters. The predicted octanol–water partition coefficient (Wildman–Crippen LogP) is 3.50. The minimum absolute atomic E-state index is 0.0498. The van der Waals surface area contributed by atoms with Crippen molar-refractivity contribution in [2.24, 2.45) is 0 Å². The number of benzene rings is 2. The summed E-state index contributed by atoms with van der Waals surface area (Å²) < 4.78 is 4.05. The van der Waals surface area contributed by atoms with Crippen LogP contribution in [0.3, 0.4) is 0 Å². The van der Waals surface area contributed by atoms with Crippen LogP contribution in [0.1, 0.15) is 24.4 Å². The van der Waals surface area contributed by atoms with Crippen LogP contribution >= 0.6 is 12.2 Å². The summed E-state index contributed by atoms with van der Waals surface area (Å²) >= 11 is 5.43. The monoisotopic (exact) mass is 377 g/mol. The smallest absolute Gasteiger partial charge is 0.274 e. The van der Waals surface area contributed by atoms with Crippen molar-refractivity contribution in [2.75, 3.05) is 0 Å². The van der Waals surface area contributed by atoms with Gasteiger partial charge in [-0.1, -0.05) is 48.5 Å². The summed E-state index contributed by atoms with van der Waals surface area (Å²) in [6.45, 7) is 2.52. The summed E-state index contributed by atoms with van der Waals surface area (Å²) in [5.41, 5.74) is 1.06. The van der Waals surface area contributed by atoms with Gasteiger partial charge in [-0.3, -0.25) is 14.5 Å².